The molecule has 2 aromatic rings. The molecule has 5 nitrogen and oxygen atoms in total. The lowest BCUT2D eigenvalue weighted by Gasteiger charge is -2.20. The van der Waals surface area contributed by atoms with Crippen molar-refractivity contribution in [2.75, 3.05) is 21.3 Å². The monoisotopic (exact) mass is 307 g/mol. The van der Waals surface area contributed by atoms with Crippen LogP contribution in [0, 0.1) is 6.92 Å². The molecular formula is C15H18ClN3O2. The van der Waals surface area contributed by atoms with Crippen LogP contribution in [-0.4, -0.2) is 31.2 Å². The first-order valence-corrected chi connectivity index (χ1v) is 6.86. The van der Waals surface area contributed by atoms with Crippen LogP contribution in [-0.2, 0) is 0 Å². The Kier molecular flexibility index (Phi) is 4.98. The molecule has 6 heteroatoms. The summed E-state index contributed by atoms with van der Waals surface area (Å²) >= 11 is 6.11. The van der Waals surface area contributed by atoms with E-state index in [1.807, 2.05) is 32.2 Å². The number of ether oxygens (including phenoxy) is 2. The molecule has 0 aliphatic carbocycles. The first kappa shape index (κ1) is 15.5. The molecular weight excluding hydrogens is 290 g/mol. The maximum atomic E-state index is 6.11. The van der Waals surface area contributed by atoms with Crippen molar-refractivity contribution in [3.8, 4) is 11.8 Å². The second-order valence-electron chi connectivity index (χ2n) is 4.53. The molecule has 112 valence electrons. The van der Waals surface area contributed by atoms with Crippen molar-refractivity contribution in [3.05, 3.63) is 46.2 Å². The number of halogens is 1. The number of rotatable bonds is 5. The van der Waals surface area contributed by atoms with Crippen molar-refractivity contribution in [1.29, 1.82) is 0 Å². The molecule has 0 fully saturated rings. The van der Waals surface area contributed by atoms with E-state index in [-0.39, 0.29) is 6.04 Å². The van der Waals surface area contributed by atoms with E-state index < -0.39 is 0 Å². The smallest absolute Gasteiger partial charge is 0.240 e. The number of methoxy groups -OCH3 is 2. The minimum Gasteiger partial charge on any atom is -0.480 e. The lowest BCUT2D eigenvalue weighted by molar-refractivity contribution is 0.353. The van der Waals surface area contributed by atoms with Gasteiger partial charge in [0.25, 0.3) is 0 Å². The first-order chi connectivity index (χ1) is 10.1. The SMILES string of the molecule is CNC(c1cc(Cl)ccc1C)c1ncc(OC)nc1OC. The van der Waals surface area contributed by atoms with Gasteiger partial charge >= 0.3 is 0 Å². The van der Waals surface area contributed by atoms with E-state index in [9.17, 15) is 0 Å². The summed E-state index contributed by atoms with van der Waals surface area (Å²) in [6, 6.07) is 5.59. The topological polar surface area (TPSA) is 56.3 Å². The van der Waals surface area contributed by atoms with Crippen LogP contribution >= 0.6 is 11.6 Å². The van der Waals surface area contributed by atoms with Crippen LogP contribution in [0.5, 0.6) is 11.8 Å². The fourth-order valence-electron chi connectivity index (χ4n) is 2.17. The highest BCUT2D eigenvalue weighted by atomic mass is 35.5. The largest absolute Gasteiger partial charge is 0.480 e. The van der Waals surface area contributed by atoms with Gasteiger partial charge in [0.05, 0.1) is 26.5 Å². The van der Waals surface area contributed by atoms with Crippen LogP contribution in [0.25, 0.3) is 0 Å². The molecule has 1 aromatic heterocycles. The van der Waals surface area contributed by atoms with Crippen molar-refractivity contribution in [3.63, 3.8) is 0 Å². The molecule has 1 aromatic carbocycles. The van der Waals surface area contributed by atoms with E-state index in [1.165, 1.54) is 0 Å². The normalized spacial score (nSPS) is 12.0. The average Bonchev–Trinajstić information content (AvgIpc) is 2.51. The van der Waals surface area contributed by atoms with Gasteiger partial charge in [-0.15, -0.1) is 0 Å². The van der Waals surface area contributed by atoms with Crippen molar-refractivity contribution >= 4 is 11.6 Å². The third-order valence-corrected chi connectivity index (χ3v) is 3.50. The minimum absolute atomic E-state index is 0.169. The Balaban J connectivity index is 2.53. The molecule has 0 aliphatic rings. The third kappa shape index (κ3) is 3.25. The van der Waals surface area contributed by atoms with Crippen LogP contribution < -0.4 is 14.8 Å². The summed E-state index contributed by atoms with van der Waals surface area (Å²) in [7, 11) is 4.96. The molecule has 0 saturated carbocycles. The van der Waals surface area contributed by atoms with Gasteiger partial charge in [-0.1, -0.05) is 17.7 Å². The van der Waals surface area contributed by atoms with Crippen molar-refractivity contribution in [1.82, 2.24) is 15.3 Å². The number of aryl methyl sites for hydroxylation is 1. The summed E-state index contributed by atoms with van der Waals surface area (Å²) in [5, 5.41) is 3.91. The maximum Gasteiger partial charge on any atom is 0.240 e. The molecule has 21 heavy (non-hydrogen) atoms. The highest BCUT2D eigenvalue weighted by Crippen LogP contribution is 2.31. The minimum atomic E-state index is -0.169. The Bertz CT molecular complexity index is 634. The number of hydrogen-bond donors (Lipinski definition) is 1. The Morgan fingerprint density at radius 2 is 2.00 bits per heavy atom. The highest BCUT2D eigenvalue weighted by molar-refractivity contribution is 6.30. The van der Waals surface area contributed by atoms with Gasteiger partial charge in [-0.2, -0.15) is 4.98 Å². The van der Waals surface area contributed by atoms with Crippen molar-refractivity contribution in [2.24, 2.45) is 0 Å². The van der Waals surface area contributed by atoms with Crippen LogP contribution in [0.15, 0.2) is 24.4 Å². The third-order valence-electron chi connectivity index (χ3n) is 3.26. The van der Waals surface area contributed by atoms with Gasteiger partial charge in [0, 0.05) is 5.02 Å². The lowest BCUT2D eigenvalue weighted by atomic mass is 9.99. The van der Waals surface area contributed by atoms with Gasteiger partial charge in [0.1, 0.15) is 5.69 Å². The quantitative estimate of drug-likeness (QED) is 0.920. The zero-order valence-electron chi connectivity index (χ0n) is 12.5. The van der Waals surface area contributed by atoms with E-state index in [4.69, 9.17) is 21.1 Å². The van der Waals surface area contributed by atoms with Crippen LogP contribution in [0.3, 0.4) is 0 Å². The number of nitrogens with one attached hydrogen (secondary N) is 1. The van der Waals surface area contributed by atoms with Gasteiger partial charge in [-0.25, -0.2) is 4.98 Å². The summed E-state index contributed by atoms with van der Waals surface area (Å²) < 4.78 is 10.4. The van der Waals surface area contributed by atoms with E-state index in [0.29, 0.717) is 22.5 Å². The summed E-state index contributed by atoms with van der Waals surface area (Å²) in [6.45, 7) is 2.03. The Morgan fingerprint density at radius 3 is 2.62 bits per heavy atom. The average molecular weight is 308 g/mol. The summed E-state index contributed by atoms with van der Waals surface area (Å²) in [5.74, 6) is 0.835. The second-order valence-corrected chi connectivity index (χ2v) is 4.97. The van der Waals surface area contributed by atoms with E-state index in [1.54, 1.807) is 20.4 Å². The predicted molar refractivity (Wildman–Crippen MR) is 82.2 cm³/mol. The fourth-order valence-corrected chi connectivity index (χ4v) is 2.36. The van der Waals surface area contributed by atoms with Crippen LogP contribution in [0.4, 0.5) is 0 Å². The van der Waals surface area contributed by atoms with E-state index in [0.717, 1.165) is 11.1 Å². The lowest BCUT2D eigenvalue weighted by Crippen LogP contribution is -2.21. The molecule has 0 amide bonds. The number of nitrogens with zero attached hydrogens (tertiary/aromatic N) is 2. The molecule has 0 saturated heterocycles. The van der Waals surface area contributed by atoms with Gasteiger partial charge in [-0.3, -0.25) is 0 Å². The predicted octanol–water partition coefficient (Wildman–Crippen LogP) is 2.76. The molecule has 1 unspecified atom stereocenters. The molecule has 1 heterocycles. The molecule has 1 atom stereocenters. The standard InChI is InChI=1S/C15H18ClN3O2/c1-9-5-6-10(16)7-11(9)13(17-2)14-15(21-4)19-12(20-3)8-18-14/h5-8,13,17H,1-4H3. The van der Waals surface area contributed by atoms with Gasteiger partial charge in [-0.05, 0) is 37.2 Å². The van der Waals surface area contributed by atoms with Gasteiger partial charge in [0.2, 0.25) is 11.8 Å². The summed E-state index contributed by atoms with van der Waals surface area (Å²) in [5.41, 5.74) is 2.83. The Labute approximate surface area is 129 Å². The van der Waals surface area contributed by atoms with Crippen molar-refractivity contribution < 1.29 is 9.47 Å². The van der Waals surface area contributed by atoms with Gasteiger partial charge in [0.15, 0.2) is 0 Å². The zero-order chi connectivity index (χ0) is 15.4. The second kappa shape index (κ2) is 6.74. The molecule has 1 N–H and O–H groups in total. The Morgan fingerprint density at radius 1 is 1.24 bits per heavy atom. The van der Waals surface area contributed by atoms with Crippen molar-refractivity contribution in [2.45, 2.75) is 13.0 Å². The molecule has 0 bridgehead atoms. The highest BCUT2D eigenvalue weighted by Gasteiger charge is 2.22. The fraction of sp³-hybridized carbons (Fsp3) is 0.333. The number of benzene rings is 1. The maximum absolute atomic E-state index is 6.11. The zero-order valence-corrected chi connectivity index (χ0v) is 13.2. The molecule has 0 spiro atoms. The summed E-state index contributed by atoms with van der Waals surface area (Å²) in [4.78, 5) is 8.70. The molecule has 2 rings (SSSR count). The number of aromatic nitrogens is 2. The van der Waals surface area contributed by atoms with Crippen LogP contribution in [0.2, 0.25) is 5.02 Å². The first-order valence-electron chi connectivity index (χ1n) is 6.49. The van der Waals surface area contributed by atoms with Gasteiger partial charge < -0.3 is 14.8 Å². The van der Waals surface area contributed by atoms with E-state index >= 15 is 0 Å². The molecule has 0 aliphatic heterocycles. The molecule has 0 radical (unpaired) electrons. The summed E-state index contributed by atoms with van der Waals surface area (Å²) in [6.07, 6.45) is 1.57. The number of hydrogen-bond acceptors (Lipinski definition) is 5. The Hall–Kier alpha value is -1.85. The van der Waals surface area contributed by atoms with E-state index in [2.05, 4.69) is 15.3 Å². The van der Waals surface area contributed by atoms with Crippen LogP contribution in [0.1, 0.15) is 22.9 Å².